The summed E-state index contributed by atoms with van der Waals surface area (Å²) in [5, 5.41) is 1.48. The fourth-order valence-corrected chi connectivity index (χ4v) is 7.29. The van der Waals surface area contributed by atoms with Gasteiger partial charge >= 0.3 is 0 Å². The van der Waals surface area contributed by atoms with E-state index in [1.54, 1.807) is 5.20 Å². The first kappa shape index (κ1) is 14.5. The fourth-order valence-electron chi connectivity index (χ4n) is 3.49. The van der Waals surface area contributed by atoms with Crippen molar-refractivity contribution in [2.24, 2.45) is 0 Å². The van der Waals surface area contributed by atoms with Crippen LogP contribution in [0.4, 0.5) is 0 Å². The minimum atomic E-state index is -1.69. The van der Waals surface area contributed by atoms with Crippen LogP contribution in [0.25, 0.3) is 0 Å². The lowest BCUT2D eigenvalue weighted by Gasteiger charge is -2.47. The molecule has 0 N–H and O–H groups in total. The van der Waals surface area contributed by atoms with Crippen LogP contribution in [0.2, 0.25) is 13.1 Å². The smallest absolute Gasteiger partial charge is 0.122 e. The summed E-state index contributed by atoms with van der Waals surface area (Å²) in [6, 6.07) is 0. The molecule has 19 heavy (non-hydrogen) atoms. The molecule has 0 fully saturated rings. The summed E-state index contributed by atoms with van der Waals surface area (Å²) in [4.78, 5) is 0. The second-order valence-electron chi connectivity index (χ2n) is 6.16. The number of hydrogen-bond acceptors (Lipinski definition) is 1. The standard InChI is InChI=1S/C17H26OSi/c1-6-18-17(12-11-14(2)13-15(17)3)19(4,5)16-9-7-8-10-16/h7,9-11,13H,6,8,12H2,1-5H3. The van der Waals surface area contributed by atoms with E-state index in [9.17, 15) is 0 Å². The maximum absolute atomic E-state index is 6.38. The number of rotatable bonds is 4. The molecule has 1 atom stereocenters. The zero-order valence-electron chi connectivity index (χ0n) is 12.9. The molecule has 1 nitrogen and oxygen atoms in total. The average Bonchev–Trinajstić information content (AvgIpc) is 2.87. The van der Waals surface area contributed by atoms with Crippen molar-refractivity contribution in [2.45, 2.75) is 51.9 Å². The van der Waals surface area contributed by atoms with Crippen LogP contribution < -0.4 is 0 Å². The molecule has 0 aromatic carbocycles. The molecule has 2 aliphatic carbocycles. The van der Waals surface area contributed by atoms with Gasteiger partial charge in [-0.3, -0.25) is 0 Å². The van der Waals surface area contributed by atoms with Crippen LogP contribution in [0.5, 0.6) is 0 Å². The maximum atomic E-state index is 6.38. The van der Waals surface area contributed by atoms with Crippen molar-refractivity contribution >= 4 is 8.07 Å². The molecule has 0 aromatic heterocycles. The van der Waals surface area contributed by atoms with Gasteiger partial charge in [0.1, 0.15) is 8.07 Å². The predicted octanol–water partition coefficient (Wildman–Crippen LogP) is 4.73. The van der Waals surface area contributed by atoms with E-state index < -0.39 is 8.07 Å². The highest BCUT2D eigenvalue weighted by atomic mass is 28.3. The summed E-state index contributed by atoms with van der Waals surface area (Å²) in [5.41, 5.74) is 2.78. The Balaban J connectivity index is 2.46. The lowest BCUT2D eigenvalue weighted by Crippen LogP contribution is -2.58. The third kappa shape index (κ3) is 2.32. The summed E-state index contributed by atoms with van der Waals surface area (Å²) in [6.07, 6.45) is 13.8. The van der Waals surface area contributed by atoms with Gasteiger partial charge in [0, 0.05) is 6.61 Å². The van der Waals surface area contributed by atoms with Gasteiger partial charge in [0.2, 0.25) is 0 Å². The molecule has 0 bridgehead atoms. The van der Waals surface area contributed by atoms with Crippen LogP contribution in [0.3, 0.4) is 0 Å². The summed E-state index contributed by atoms with van der Waals surface area (Å²) in [6.45, 7) is 12.2. The molecule has 0 heterocycles. The van der Waals surface area contributed by atoms with Crippen molar-refractivity contribution < 1.29 is 4.74 Å². The van der Waals surface area contributed by atoms with E-state index in [1.807, 2.05) is 0 Å². The molecule has 2 heteroatoms. The van der Waals surface area contributed by atoms with Crippen LogP contribution in [-0.2, 0) is 4.74 Å². The van der Waals surface area contributed by atoms with Crippen LogP contribution in [0, 0.1) is 0 Å². The SMILES string of the molecule is CCOC1([Si](C)(C)C2=CCC=C2)CC=C(C)C=C1C. The largest absolute Gasteiger partial charge is 0.374 e. The highest BCUT2D eigenvalue weighted by molar-refractivity contribution is 6.88. The maximum Gasteiger partial charge on any atom is 0.122 e. The molecular weight excluding hydrogens is 248 g/mol. The van der Waals surface area contributed by atoms with E-state index in [0.717, 1.165) is 19.4 Å². The minimum Gasteiger partial charge on any atom is -0.374 e. The van der Waals surface area contributed by atoms with Gasteiger partial charge in [-0.25, -0.2) is 0 Å². The second-order valence-corrected chi connectivity index (χ2v) is 10.8. The van der Waals surface area contributed by atoms with Crippen LogP contribution in [0.1, 0.15) is 33.6 Å². The van der Waals surface area contributed by atoms with Crippen molar-refractivity contribution in [1.82, 2.24) is 0 Å². The van der Waals surface area contributed by atoms with Crippen LogP contribution in [0.15, 0.2) is 46.7 Å². The van der Waals surface area contributed by atoms with E-state index in [0.29, 0.717) is 0 Å². The molecule has 0 spiro atoms. The van der Waals surface area contributed by atoms with E-state index >= 15 is 0 Å². The molecule has 0 radical (unpaired) electrons. The first-order valence-electron chi connectivity index (χ1n) is 7.30. The van der Waals surface area contributed by atoms with Crippen molar-refractivity contribution in [3.8, 4) is 0 Å². The van der Waals surface area contributed by atoms with Gasteiger partial charge in [0.05, 0.1) is 5.22 Å². The van der Waals surface area contributed by atoms with Gasteiger partial charge in [0.25, 0.3) is 0 Å². The summed E-state index contributed by atoms with van der Waals surface area (Å²) < 4.78 is 6.38. The van der Waals surface area contributed by atoms with E-state index in [2.05, 4.69) is 64.2 Å². The number of ether oxygens (including phenoxy) is 1. The van der Waals surface area contributed by atoms with Gasteiger partial charge in [-0.2, -0.15) is 0 Å². The van der Waals surface area contributed by atoms with Crippen molar-refractivity contribution in [1.29, 1.82) is 0 Å². The lowest BCUT2D eigenvalue weighted by atomic mass is 9.97. The molecule has 0 aliphatic heterocycles. The Bertz CT molecular complexity index is 479. The average molecular weight is 274 g/mol. The van der Waals surface area contributed by atoms with Crippen molar-refractivity contribution in [3.05, 3.63) is 46.7 Å². The topological polar surface area (TPSA) is 9.23 Å². The summed E-state index contributed by atoms with van der Waals surface area (Å²) >= 11 is 0. The zero-order valence-corrected chi connectivity index (χ0v) is 13.9. The predicted molar refractivity (Wildman–Crippen MR) is 85.8 cm³/mol. The number of allylic oxidation sites excluding steroid dienone is 6. The monoisotopic (exact) mass is 274 g/mol. The molecule has 0 saturated carbocycles. The summed E-state index contributed by atoms with van der Waals surface area (Å²) in [7, 11) is -1.69. The highest BCUT2D eigenvalue weighted by Crippen LogP contribution is 2.43. The Labute approximate surface area is 118 Å². The molecular formula is C17H26OSi. The first-order valence-corrected chi connectivity index (χ1v) is 10.3. The molecule has 1 unspecified atom stereocenters. The summed E-state index contributed by atoms with van der Waals surface area (Å²) in [5.74, 6) is 0. The van der Waals surface area contributed by atoms with Gasteiger partial charge < -0.3 is 4.74 Å². The van der Waals surface area contributed by atoms with Gasteiger partial charge in [-0.15, -0.1) is 0 Å². The highest BCUT2D eigenvalue weighted by Gasteiger charge is 2.50. The van der Waals surface area contributed by atoms with E-state index in [4.69, 9.17) is 4.74 Å². The van der Waals surface area contributed by atoms with Gasteiger partial charge in [-0.05, 0) is 39.2 Å². The Morgan fingerprint density at radius 1 is 1.26 bits per heavy atom. The van der Waals surface area contributed by atoms with Gasteiger partial charge in [-0.1, -0.05) is 54.2 Å². The zero-order chi connectivity index (χ0) is 14.1. The minimum absolute atomic E-state index is 0.0677. The van der Waals surface area contributed by atoms with E-state index in [-0.39, 0.29) is 5.22 Å². The number of hydrogen-bond donors (Lipinski definition) is 0. The van der Waals surface area contributed by atoms with Crippen molar-refractivity contribution in [3.63, 3.8) is 0 Å². The lowest BCUT2D eigenvalue weighted by molar-refractivity contribution is 0.0467. The van der Waals surface area contributed by atoms with E-state index in [1.165, 1.54) is 11.1 Å². The third-order valence-corrected chi connectivity index (χ3v) is 9.26. The van der Waals surface area contributed by atoms with Gasteiger partial charge in [0.15, 0.2) is 0 Å². The Hall–Kier alpha value is -0.863. The molecule has 2 rings (SSSR count). The normalized spacial score (nSPS) is 27.1. The van der Waals surface area contributed by atoms with Crippen LogP contribution >= 0.6 is 0 Å². The molecule has 104 valence electrons. The Morgan fingerprint density at radius 2 is 2.00 bits per heavy atom. The van der Waals surface area contributed by atoms with Crippen LogP contribution in [-0.4, -0.2) is 19.9 Å². The molecule has 0 saturated heterocycles. The quantitative estimate of drug-likeness (QED) is 0.673. The Morgan fingerprint density at radius 3 is 2.53 bits per heavy atom. The Kier molecular flexibility index (Phi) is 4.02. The second kappa shape index (κ2) is 5.26. The molecule has 0 aromatic rings. The third-order valence-electron chi connectivity index (χ3n) is 4.69. The fraction of sp³-hybridized carbons (Fsp3) is 0.529. The molecule has 0 amide bonds. The first-order chi connectivity index (χ1) is 8.94. The van der Waals surface area contributed by atoms with Crippen molar-refractivity contribution in [2.75, 3.05) is 6.61 Å². The molecule has 2 aliphatic rings.